The van der Waals surface area contributed by atoms with E-state index in [9.17, 15) is 0 Å². The average molecular weight is 360 g/mol. The summed E-state index contributed by atoms with van der Waals surface area (Å²) >= 11 is 0. The standard InChI is InChI=1S/C21H20N4O2/c22-13-19-20(25-15-5-4-6-15)21(24-14-23-19)27-18-11-9-17(10-12-18)26-16-7-2-1-3-8-16/h1-3,7-15,22,25H,4-6H2. The summed E-state index contributed by atoms with van der Waals surface area (Å²) in [6, 6.07) is 17.4. The Kier molecular flexibility index (Phi) is 4.96. The van der Waals surface area contributed by atoms with Gasteiger partial charge in [0.15, 0.2) is 0 Å². The molecule has 136 valence electrons. The minimum Gasteiger partial charge on any atom is -0.457 e. The lowest BCUT2D eigenvalue weighted by molar-refractivity contribution is 0.433. The zero-order valence-electron chi connectivity index (χ0n) is 14.8. The van der Waals surface area contributed by atoms with Crippen LogP contribution >= 0.6 is 0 Å². The van der Waals surface area contributed by atoms with E-state index in [1.165, 1.54) is 19.0 Å². The summed E-state index contributed by atoms with van der Waals surface area (Å²) in [6.45, 7) is 0. The number of nitrogens with one attached hydrogen (secondary N) is 2. The Balaban J connectivity index is 1.51. The number of hydrogen-bond acceptors (Lipinski definition) is 6. The van der Waals surface area contributed by atoms with Crippen molar-refractivity contribution in [3.63, 3.8) is 0 Å². The number of hydrogen-bond donors (Lipinski definition) is 2. The molecule has 1 fully saturated rings. The van der Waals surface area contributed by atoms with Gasteiger partial charge in [0.1, 0.15) is 35.0 Å². The molecule has 3 aromatic rings. The second-order valence-corrected chi connectivity index (χ2v) is 6.34. The van der Waals surface area contributed by atoms with Gasteiger partial charge in [0.05, 0.1) is 0 Å². The van der Waals surface area contributed by atoms with Crippen LogP contribution in [0.2, 0.25) is 0 Å². The van der Waals surface area contributed by atoms with Gasteiger partial charge in [-0.25, -0.2) is 4.98 Å². The zero-order valence-corrected chi connectivity index (χ0v) is 14.8. The molecule has 4 rings (SSSR count). The van der Waals surface area contributed by atoms with E-state index in [0.717, 1.165) is 24.3 Å². The van der Waals surface area contributed by atoms with Crippen molar-refractivity contribution in [3.05, 3.63) is 66.6 Å². The molecule has 27 heavy (non-hydrogen) atoms. The van der Waals surface area contributed by atoms with Crippen LogP contribution in [0.1, 0.15) is 25.0 Å². The van der Waals surface area contributed by atoms with Crippen molar-refractivity contribution < 1.29 is 9.47 Å². The van der Waals surface area contributed by atoms with Crippen molar-refractivity contribution in [1.82, 2.24) is 9.97 Å². The molecule has 0 atom stereocenters. The summed E-state index contributed by atoms with van der Waals surface area (Å²) in [5.74, 6) is 2.57. The maximum absolute atomic E-state index is 7.59. The van der Waals surface area contributed by atoms with Crippen LogP contribution in [0.4, 0.5) is 5.69 Å². The molecule has 0 aliphatic heterocycles. The predicted octanol–water partition coefficient (Wildman–Crippen LogP) is 5.02. The molecule has 6 nitrogen and oxygen atoms in total. The van der Waals surface area contributed by atoms with Crippen LogP contribution in [-0.4, -0.2) is 22.2 Å². The van der Waals surface area contributed by atoms with E-state index >= 15 is 0 Å². The maximum Gasteiger partial charge on any atom is 0.246 e. The van der Waals surface area contributed by atoms with Gasteiger partial charge in [-0.05, 0) is 55.7 Å². The molecule has 1 aromatic heterocycles. The second kappa shape index (κ2) is 7.86. The molecule has 6 heteroatoms. The third-order valence-corrected chi connectivity index (χ3v) is 4.45. The van der Waals surface area contributed by atoms with Crippen LogP contribution in [0.5, 0.6) is 23.1 Å². The Bertz CT molecular complexity index is 909. The lowest BCUT2D eigenvalue weighted by Gasteiger charge is -2.28. The number of benzene rings is 2. The zero-order chi connectivity index (χ0) is 18.5. The Morgan fingerprint density at radius 1 is 0.889 bits per heavy atom. The number of para-hydroxylation sites is 1. The quantitative estimate of drug-likeness (QED) is 0.578. The molecular weight excluding hydrogens is 340 g/mol. The van der Waals surface area contributed by atoms with E-state index in [0.29, 0.717) is 29.1 Å². The van der Waals surface area contributed by atoms with E-state index in [1.807, 2.05) is 54.6 Å². The van der Waals surface area contributed by atoms with Gasteiger partial charge in [0.25, 0.3) is 0 Å². The van der Waals surface area contributed by atoms with E-state index in [4.69, 9.17) is 14.9 Å². The smallest absolute Gasteiger partial charge is 0.246 e. The Hall–Kier alpha value is -3.41. The van der Waals surface area contributed by atoms with Gasteiger partial charge in [0.2, 0.25) is 5.88 Å². The van der Waals surface area contributed by atoms with Gasteiger partial charge in [-0.1, -0.05) is 18.2 Å². The first-order chi connectivity index (χ1) is 13.3. The fourth-order valence-corrected chi connectivity index (χ4v) is 2.77. The highest BCUT2D eigenvalue weighted by Gasteiger charge is 2.21. The molecular formula is C21H20N4O2. The fourth-order valence-electron chi connectivity index (χ4n) is 2.77. The van der Waals surface area contributed by atoms with E-state index < -0.39 is 0 Å². The van der Waals surface area contributed by atoms with Crippen molar-refractivity contribution >= 4 is 11.9 Å². The highest BCUT2D eigenvalue weighted by Crippen LogP contribution is 2.33. The van der Waals surface area contributed by atoms with E-state index in [-0.39, 0.29) is 0 Å². The summed E-state index contributed by atoms with van der Waals surface area (Å²) < 4.78 is 11.7. The normalized spacial score (nSPS) is 13.5. The maximum atomic E-state index is 7.59. The third-order valence-electron chi connectivity index (χ3n) is 4.45. The SMILES string of the molecule is N=Cc1ncnc(Oc2ccc(Oc3ccccc3)cc2)c1NC1CCC1. The average Bonchev–Trinajstić information content (AvgIpc) is 2.67. The minimum atomic E-state index is 0.388. The van der Waals surface area contributed by atoms with Crippen molar-refractivity contribution in [2.45, 2.75) is 25.3 Å². The monoisotopic (exact) mass is 360 g/mol. The molecule has 1 heterocycles. The molecule has 1 saturated carbocycles. The molecule has 0 spiro atoms. The Morgan fingerprint density at radius 3 is 2.19 bits per heavy atom. The molecule has 0 bridgehead atoms. The van der Waals surface area contributed by atoms with Crippen LogP contribution in [0.3, 0.4) is 0 Å². The third kappa shape index (κ3) is 4.06. The molecule has 1 aliphatic rings. The lowest BCUT2D eigenvalue weighted by Crippen LogP contribution is -2.28. The Morgan fingerprint density at radius 2 is 1.56 bits per heavy atom. The summed E-state index contributed by atoms with van der Waals surface area (Å²) in [5, 5.41) is 11.0. The van der Waals surface area contributed by atoms with Crippen molar-refractivity contribution in [2.75, 3.05) is 5.32 Å². The lowest BCUT2D eigenvalue weighted by atomic mass is 9.93. The van der Waals surface area contributed by atoms with Gasteiger partial charge in [-0.2, -0.15) is 4.98 Å². The minimum absolute atomic E-state index is 0.388. The fraction of sp³-hybridized carbons (Fsp3) is 0.190. The van der Waals surface area contributed by atoms with Crippen LogP contribution < -0.4 is 14.8 Å². The molecule has 0 saturated heterocycles. The van der Waals surface area contributed by atoms with Gasteiger partial charge < -0.3 is 20.2 Å². The highest BCUT2D eigenvalue weighted by molar-refractivity contribution is 5.85. The topological polar surface area (TPSA) is 80.1 Å². The van der Waals surface area contributed by atoms with Crippen LogP contribution in [0, 0.1) is 5.41 Å². The summed E-state index contributed by atoms with van der Waals surface area (Å²) in [4.78, 5) is 8.41. The summed E-state index contributed by atoms with van der Waals surface area (Å²) in [5.41, 5.74) is 1.19. The largest absolute Gasteiger partial charge is 0.457 e. The molecule has 2 N–H and O–H groups in total. The van der Waals surface area contributed by atoms with Crippen LogP contribution in [0.25, 0.3) is 0 Å². The number of anilines is 1. The first-order valence-electron chi connectivity index (χ1n) is 8.94. The van der Waals surface area contributed by atoms with Gasteiger partial charge in [0, 0.05) is 12.3 Å². The Labute approximate surface area is 157 Å². The van der Waals surface area contributed by atoms with E-state index in [2.05, 4.69) is 15.3 Å². The molecule has 0 unspecified atom stereocenters. The molecule has 2 aromatic carbocycles. The van der Waals surface area contributed by atoms with E-state index in [1.54, 1.807) is 0 Å². The number of rotatable bonds is 7. The van der Waals surface area contributed by atoms with Crippen molar-refractivity contribution in [2.24, 2.45) is 0 Å². The van der Waals surface area contributed by atoms with Crippen LogP contribution in [-0.2, 0) is 0 Å². The van der Waals surface area contributed by atoms with Crippen molar-refractivity contribution in [1.29, 1.82) is 5.41 Å². The molecule has 0 radical (unpaired) electrons. The van der Waals surface area contributed by atoms with Crippen molar-refractivity contribution in [3.8, 4) is 23.1 Å². The van der Waals surface area contributed by atoms with Gasteiger partial charge in [-0.15, -0.1) is 0 Å². The van der Waals surface area contributed by atoms with Gasteiger partial charge >= 0.3 is 0 Å². The second-order valence-electron chi connectivity index (χ2n) is 6.34. The molecule has 1 aliphatic carbocycles. The molecule has 0 amide bonds. The van der Waals surface area contributed by atoms with Crippen LogP contribution in [0.15, 0.2) is 60.9 Å². The van der Waals surface area contributed by atoms with Gasteiger partial charge in [-0.3, -0.25) is 0 Å². The first kappa shape index (κ1) is 17.0. The number of ether oxygens (including phenoxy) is 2. The summed E-state index contributed by atoms with van der Waals surface area (Å²) in [7, 11) is 0. The number of aromatic nitrogens is 2. The predicted molar refractivity (Wildman–Crippen MR) is 104 cm³/mol. The number of nitrogens with zero attached hydrogens (tertiary/aromatic N) is 2. The highest BCUT2D eigenvalue weighted by atomic mass is 16.5. The first-order valence-corrected chi connectivity index (χ1v) is 8.94. The summed E-state index contributed by atoms with van der Waals surface area (Å²) in [6.07, 6.45) is 6.06.